The van der Waals surface area contributed by atoms with Gasteiger partial charge in [-0.1, -0.05) is 20.3 Å². The molecule has 2 atom stereocenters. The highest BCUT2D eigenvalue weighted by molar-refractivity contribution is 5.60. The van der Waals surface area contributed by atoms with E-state index in [1.165, 1.54) is 6.42 Å². The zero-order chi connectivity index (χ0) is 11.3. The molecule has 0 aromatic carbocycles. The van der Waals surface area contributed by atoms with E-state index < -0.39 is 0 Å². The van der Waals surface area contributed by atoms with Gasteiger partial charge in [0.25, 0.3) is 0 Å². The van der Waals surface area contributed by atoms with Crippen molar-refractivity contribution in [2.75, 3.05) is 11.1 Å². The Morgan fingerprint density at radius 3 is 2.80 bits per heavy atom. The summed E-state index contributed by atoms with van der Waals surface area (Å²) in [5.41, 5.74) is 6.52. The molecular weight excluding hydrogens is 186 g/mol. The molecule has 0 spiro atoms. The second kappa shape index (κ2) is 5.59. The molecule has 1 aromatic heterocycles. The Morgan fingerprint density at radius 1 is 1.47 bits per heavy atom. The zero-order valence-corrected chi connectivity index (χ0v) is 9.83. The molecule has 2 unspecified atom stereocenters. The fraction of sp³-hybridized carbons (Fsp3) is 0.583. The average Bonchev–Trinajstić information content (AvgIpc) is 2.21. The number of pyridine rings is 1. The summed E-state index contributed by atoms with van der Waals surface area (Å²) in [4.78, 5) is 4.22. The number of anilines is 2. The summed E-state index contributed by atoms with van der Waals surface area (Å²) in [7, 11) is 0. The molecule has 0 amide bonds. The highest BCUT2D eigenvalue weighted by atomic mass is 15.0. The van der Waals surface area contributed by atoms with Gasteiger partial charge in [0, 0.05) is 12.2 Å². The molecule has 3 heteroatoms. The summed E-state index contributed by atoms with van der Waals surface area (Å²) >= 11 is 0. The zero-order valence-electron chi connectivity index (χ0n) is 9.83. The van der Waals surface area contributed by atoms with Crippen LogP contribution in [0.2, 0.25) is 0 Å². The van der Waals surface area contributed by atoms with E-state index in [0.717, 1.165) is 18.2 Å². The largest absolute Gasteiger partial charge is 0.396 e. The second-order valence-electron chi connectivity index (χ2n) is 4.24. The van der Waals surface area contributed by atoms with Crippen LogP contribution in [0.15, 0.2) is 18.3 Å². The van der Waals surface area contributed by atoms with Crippen LogP contribution in [0.1, 0.15) is 33.6 Å². The van der Waals surface area contributed by atoms with Gasteiger partial charge in [0.15, 0.2) is 0 Å². The van der Waals surface area contributed by atoms with E-state index in [0.29, 0.717) is 11.7 Å². The monoisotopic (exact) mass is 207 g/mol. The van der Waals surface area contributed by atoms with Crippen LogP contribution in [-0.2, 0) is 0 Å². The SMILES string of the molecule is CCC(C)CC(C)Nc1ncccc1N. The van der Waals surface area contributed by atoms with Crippen LogP contribution in [0, 0.1) is 5.92 Å². The van der Waals surface area contributed by atoms with Gasteiger partial charge < -0.3 is 11.1 Å². The first-order chi connectivity index (χ1) is 7.13. The summed E-state index contributed by atoms with van der Waals surface area (Å²) in [6.45, 7) is 6.65. The number of nitrogens with one attached hydrogen (secondary N) is 1. The Morgan fingerprint density at radius 2 is 2.20 bits per heavy atom. The van der Waals surface area contributed by atoms with E-state index in [1.54, 1.807) is 6.20 Å². The Labute approximate surface area is 92.1 Å². The summed E-state index contributed by atoms with van der Waals surface area (Å²) in [6.07, 6.45) is 4.12. The second-order valence-corrected chi connectivity index (χ2v) is 4.24. The molecule has 0 aliphatic carbocycles. The fourth-order valence-electron chi connectivity index (χ4n) is 1.60. The van der Waals surface area contributed by atoms with Crippen molar-refractivity contribution >= 4 is 11.5 Å². The van der Waals surface area contributed by atoms with Gasteiger partial charge in [-0.3, -0.25) is 0 Å². The lowest BCUT2D eigenvalue weighted by molar-refractivity contribution is 0.483. The summed E-state index contributed by atoms with van der Waals surface area (Å²) < 4.78 is 0. The standard InChI is InChI=1S/C12H21N3/c1-4-9(2)8-10(3)15-12-11(13)6-5-7-14-12/h5-7,9-10H,4,8,13H2,1-3H3,(H,14,15). The van der Waals surface area contributed by atoms with E-state index in [1.807, 2.05) is 12.1 Å². The summed E-state index contributed by atoms with van der Waals surface area (Å²) in [5.74, 6) is 1.53. The first-order valence-corrected chi connectivity index (χ1v) is 5.60. The van der Waals surface area contributed by atoms with Crippen molar-refractivity contribution in [3.8, 4) is 0 Å². The lowest BCUT2D eigenvalue weighted by Gasteiger charge is -2.18. The van der Waals surface area contributed by atoms with Crippen LogP contribution in [0.5, 0.6) is 0 Å². The molecule has 0 aliphatic heterocycles. The molecule has 0 saturated carbocycles. The molecule has 0 bridgehead atoms. The van der Waals surface area contributed by atoms with Crippen LogP contribution < -0.4 is 11.1 Å². The quantitative estimate of drug-likeness (QED) is 0.780. The maximum absolute atomic E-state index is 5.81. The maximum Gasteiger partial charge on any atom is 0.149 e. The molecular formula is C12H21N3. The molecule has 1 rings (SSSR count). The molecule has 0 aliphatic rings. The van der Waals surface area contributed by atoms with E-state index in [-0.39, 0.29) is 0 Å². The number of nitrogen functional groups attached to an aromatic ring is 1. The van der Waals surface area contributed by atoms with Crippen LogP contribution in [0.25, 0.3) is 0 Å². The third-order valence-electron chi connectivity index (χ3n) is 2.67. The maximum atomic E-state index is 5.81. The molecule has 3 nitrogen and oxygen atoms in total. The van der Waals surface area contributed by atoms with E-state index in [9.17, 15) is 0 Å². The predicted molar refractivity (Wildman–Crippen MR) is 65.8 cm³/mol. The van der Waals surface area contributed by atoms with Gasteiger partial charge in [-0.05, 0) is 31.4 Å². The highest BCUT2D eigenvalue weighted by Gasteiger charge is 2.08. The molecule has 0 saturated heterocycles. The van der Waals surface area contributed by atoms with Crippen LogP contribution in [0.3, 0.4) is 0 Å². The smallest absolute Gasteiger partial charge is 0.149 e. The lowest BCUT2D eigenvalue weighted by atomic mass is 10.0. The third kappa shape index (κ3) is 3.78. The Bertz CT molecular complexity index is 299. The summed E-state index contributed by atoms with van der Waals surface area (Å²) in [6, 6.07) is 4.13. The van der Waals surface area contributed by atoms with Crippen molar-refractivity contribution in [3.63, 3.8) is 0 Å². The van der Waals surface area contributed by atoms with Crippen LogP contribution in [-0.4, -0.2) is 11.0 Å². The van der Waals surface area contributed by atoms with Crippen molar-refractivity contribution in [2.45, 2.75) is 39.7 Å². The molecule has 1 heterocycles. The van der Waals surface area contributed by atoms with Crippen LogP contribution in [0.4, 0.5) is 11.5 Å². The topological polar surface area (TPSA) is 50.9 Å². The first kappa shape index (κ1) is 11.8. The third-order valence-corrected chi connectivity index (χ3v) is 2.67. The molecule has 0 fully saturated rings. The van der Waals surface area contributed by atoms with Gasteiger partial charge in [0.1, 0.15) is 5.82 Å². The van der Waals surface area contributed by atoms with Crippen molar-refractivity contribution in [1.82, 2.24) is 4.98 Å². The number of nitrogens with two attached hydrogens (primary N) is 1. The van der Waals surface area contributed by atoms with Crippen molar-refractivity contribution in [1.29, 1.82) is 0 Å². The average molecular weight is 207 g/mol. The first-order valence-electron chi connectivity index (χ1n) is 5.60. The molecule has 3 N–H and O–H groups in total. The van der Waals surface area contributed by atoms with Crippen molar-refractivity contribution < 1.29 is 0 Å². The van der Waals surface area contributed by atoms with Gasteiger partial charge in [0.05, 0.1) is 5.69 Å². The fourth-order valence-corrected chi connectivity index (χ4v) is 1.60. The minimum atomic E-state index is 0.414. The normalized spacial score (nSPS) is 14.6. The number of hydrogen-bond acceptors (Lipinski definition) is 3. The van der Waals surface area contributed by atoms with Gasteiger partial charge >= 0.3 is 0 Å². The Balaban J connectivity index is 2.51. The number of hydrogen-bond donors (Lipinski definition) is 2. The molecule has 0 radical (unpaired) electrons. The molecule has 84 valence electrons. The number of aromatic nitrogens is 1. The van der Waals surface area contributed by atoms with Gasteiger partial charge in [-0.2, -0.15) is 0 Å². The van der Waals surface area contributed by atoms with Crippen molar-refractivity contribution in [3.05, 3.63) is 18.3 Å². The lowest BCUT2D eigenvalue weighted by Crippen LogP contribution is -2.19. The minimum absolute atomic E-state index is 0.414. The van der Waals surface area contributed by atoms with Crippen LogP contribution >= 0.6 is 0 Å². The predicted octanol–water partition coefficient (Wildman–Crippen LogP) is 2.90. The Hall–Kier alpha value is -1.25. The highest BCUT2D eigenvalue weighted by Crippen LogP contribution is 2.17. The van der Waals surface area contributed by atoms with Gasteiger partial charge in [-0.15, -0.1) is 0 Å². The minimum Gasteiger partial charge on any atom is -0.396 e. The molecule has 15 heavy (non-hydrogen) atoms. The van der Waals surface area contributed by atoms with E-state index in [4.69, 9.17) is 5.73 Å². The number of rotatable bonds is 5. The van der Waals surface area contributed by atoms with E-state index in [2.05, 4.69) is 31.1 Å². The van der Waals surface area contributed by atoms with E-state index >= 15 is 0 Å². The summed E-state index contributed by atoms with van der Waals surface area (Å²) in [5, 5.41) is 3.34. The van der Waals surface area contributed by atoms with Crippen molar-refractivity contribution in [2.24, 2.45) is 5.92 Å². The Kier molecular flexibility index (Phi) is 4.40. The molecule has 1 aromatic rings. The van der Waals surface area contributed by atoms with Gasteiger partial charge in [-0.25, -0.2) is 4.98 Å². The van der Waals surface area contributed by atoms with Gasteiger partial charge in [0.2, 0.25) is 0 Å². The number of nitrogens with zero attached hydrogens (tertiary/aromatic N) is 1.